The maximum Gasteiger partial charge on any atom is 0.150 e. The summed E-state index contributed by atoms with van der Waals surface area (Å²) >= 11 is 12.0. The summed E-state index contributed by atoms with van der Waals surface area (Å²) in [5.74, 6) is 0. The van der Waals surface area contributed by atoms with Gasteiger partial charge in [0.05, 0.1) is 0 Å². The molecule has 0 aromatic heterocycles. The lowest BCUT2D eigenvalue weighted by atomic mass is 9.98. The Kier molecular flexibility index (Phi) is 3.51. The number of hydrogen-bond donors (Lipinski definition) is 0. The third-order valence-corrected chi connectivity index (χ3v) is 3.10. The number of halogens is 2. The second-order valence-corrected chi connectivity index (χ2v) is 4.68. The Bertz CT molecular complexity index is 576. The molecule has 0 saturated heterocycles. The highest BCUT2D eigenvalue weighted by Crippen LogP contribution is 2.32. The summed E-state index contributed by atoms with van der Waals surface area (Å²) in [6, 6.07) is 10.9. The minimum Gasteiger partial charge on any atom is -0.298 e. The van der Waals surface area contributed by atoms with E-state index in [9.17, 15) is 4.79 Å². The van der Waals surface area contributed by atoms with Crippen molar-refractivity contribution >= 4 is 29.5 Å². The molecule has 17 heavy (non-hydrogen) atoms. The fraction of sp³-hybridized carbons (Fsp3) is 0.0714. The molecular formula is C14H10Cl2O. The van der Waals surface area contributed by atoms with Crippen molar-refractivity contribution < 1.29 is 4.79 Å². The molecule has 2 rings (SSSR count). The Morgan fingerprint density at radius 3 is 2.41 bits per heavy atom. The zero-order valence-electron chi connectivity index (χ0n) is 9.21. The monoisotopic (exact) mass is 264 g/mol. The van der Waals surface area contributed by atoms with E-state index in [1.54, 1.807) is 18.2 Å². The van der Waals surface area contributed by atoms with Crippen LogP contribution in [-0.2, 0) is 0 Å². The van der Waals surface area contributed by atoms with Gasteiger partial charge < -0.3 is 0 Å². The Morgan fingerprint density at radius 2 is 1.76 bits per heavy atom. The van der Waals surface area contributed by atoms with Gasteiger partial charge in [-0.15, -0.1) is 0 Å². The highest BCUT2D eigenvalue weighted by atomic mass is 35.5. The van der Waals surface area contributed by atoms with Crippen molar-refractivity contribution in [2.75, 3.05) is 0 Å². The fourth-order valence-corrected chi connectivity index (χ4v) is 2.22. The summed E-state index contributed by atoms with van der Waals surface area (Å²) in [5.41, 5.74) is 3.36. The summed E-state index contributed by atoms with van der Waals surface area (Å²) in [5, 5.41) is 1.13. The minimum absolute atomic E-state index is 0.547. The summed E-state index contributed by atoms with van der Waals surface area (Å²) in [7, 11) is 0. The highest BCUT2D eigenvalue weighted by molar-refractivity contribution is 6.36. The van der Waals surface area contributed by atoms with Gasteiger partial charge in [-0.25, -0.2) is 0 Å². The van der Waals surface area contributed by atoms with Crippen LogP contribution >= 0.6 is 23.2 Å². The molecule has 0 radical (unpaired) electrons. The molecule has 0 heterocycles. The number of carbonyl (C=O) groups excluding carboxylic acids is 1. The SMILES string of the molecule is Cc1ccc(C=O)c(-c2ccc(Cl)cc2Cl)c1. The van der Waals surface area contributed by atoms with Crippen molar-refractivity contribution in [1.82, 2.24) is 0 Å². The Hall–Kier alpha value is -1.31. The number of rotatable bonds is 2. The van der Waals surface area contributed by atoms with Crippen LogP contribution in [0, 0.1) is 6.92 Å². The van der Waals surface area contributed by atoms with Crippen molar-refractivity contribution in [1.29, 1.82) is 0 Å². The van der Waals surface area contributed by atoms with E-state index in [-0.39, 0.29) is 0 Å². The molecule has 0 aliphatic heterocycles. The van der Waals surface area contributed by atoms with Crippen molar-refractivity contribution in [3.63, 3.8) is 0 Å². The van der Waals surface area contributed by atoms with Gasteiger partial charge in [-0.05, 0) is 24.6 Å². The average molecular weight is 265 g/mol. The molecular weight excluding hydrogens is 255 g/mol. The first-order valence-corrected chi connectivity index (χ1v) is 5.88. The molecule has 0 saturated carbocycles. The predicted molar refractivity (Wildman–Crippen MR) is 72.0 cm³/mol. The Balaban J connectivity index is 2.66. The number of hydrogen-bond acceptors (Lipinski definition) is 1. The van der Waals surface area contributed by atoms with Crippen molar-refractivity contribution in [3.05, 3.63) is 57.6 Å². The Morgan fingerprint density at radius 1 is 1.00 bits per heavy atom. The van der Waals surface area contributed by atoms with Crippen LogP contribution in [0.2, 0.25) is 10.0 Å². The molecule has 2 aromatic carbocycles. The molecule has 0 aliphatic carbocycles. The lowest BCUT2D eigenvalue weighted by molar-refractivity contribution is 0.112. The van der Waals surface area contributed by atoms with Gasteiger partial charge in [-0.3, -0.25) is 4.79 Å². The second kappa shape index (κ2) is 4.91. The van der Waals surface area contributed by atoms with E-state index in [2.05, 4.69) is 0 Å². The quantitative estimate of drug-likeness (QED) is 0.714. The van der Waals surface area contributed by atoms with Gasteiger partial charge in [0, 0.05) is 21.2 Å². The molecule has 0 aliphatic rings. The zero-order chi connectivity index (χ0) is 12.4. The third-order valence-electron chi connectivity index (χ3n) is 2.56. The smallest absolute Gasteiger partial charge is 0.150 e. The summed E-state index contributed by atoms with van der Waals surface area (Å²) < 4.78 is 0. The summed E-state index contributed by atoms with van der Waals surface area (Å²) in [6.45, 7) is 1.97. The standard InChI is InChI=1S/C14H10Cl2O/c1-9-2-3-10(8-17)13(6-9)12-5-4-11(15)7-14(12)16/h2-8H,1H3. The van der Waals surface area contributed by atoms with Crippen LogP contribution < -0.4 is 0 Å². The highest BCUT2D eigenvalue weighted by Gasteiger charge is 2.09. The van der Waals surface area contributed by atoms with E-state index in [4.69, 9.17) is 23.2 Å². The maximum absolute atomic E-state index is 11.0. The van der Waals surface area contributed by atoms with Crippen LogP contribution in [0.4, 0.5) is 0 Å². The van der Waals surface area contributed by atoms with E-state index in [0.29, 0.717) is 15.6 Å². The van der Waals surface area contributed by atoms with Gasteiger partial charge in [0.25, 0.3) is 0 Å². The van der Waals surface area contributed by atoms with E-state index < -0.39 is 0 Å². The van der Waals surface area contributed by atoms with Crippen molar-refractivity contribution in [3.8, 4) is 11.1 Å². The lowest BCUT2D eigenvalue weighted by Crippen LogP contribution is -1.89. The van der Waals surface area contributed by atoms with Crippen LogP contribution in [0.5, 0.6) is 0 Å². The van der Waals surface area contributed by atoms with Crippen LogP contribution in [-0.4, -0.2) is 6.29 Å². The van der Waals surface area contributed by atoms with Gasteiger partial charge in [0.1, 0.15) is 0 Å². The number of aldehydes is 1. The molecule has 0 fully saturated rings. The second-order valence-electron chi connectivity index (χ2n) is 3.83. The first-order valence-electron chi connectivity index (χ1n) is 5.13. The van der Waals surface area contributed by atoms with E-state index >= 15 is 0 Å². The van der Waals surface area contributed by atoms with E-state index in [1.165, 1.54) is 0 Å². The fourth-order valence-electron chi connectivity index (χ4n) is 1.71. The molecule has 0 atom stereocenters. The van der Waals surface area contributed by atoms with Gasteiger partial charge in [0.15, 0.2) is 6.29 Å². The lowest BCUT2D eigenvalue weighted by Gasteiger charge is -2.08. The molecule has 0 unspecified atom stereocenters. The minimum atomic E-state index is 0.547. The van der Waals surface area contributed by atoms with Crippen molar-refractivity contribution in [2.24, 2.45) is 0 Å². The normalized spacial score (nSPS) is 10.3. The van der Waals surface area contributed by atoms with E-state index in [0.717, 1.165) is 23.0 Å². The molecule has 0 spiro atoms. The third kappa shape index (κ3) is 2.51. The topological polar surface area (TPSA) is 17.1 Å². The molecule has 1 nitrogen and oxygen atoms in total. The van der Waals surface area contributed by atoms with Gasteiger partial charge in [-0.2, -0.15) is 0 Å². The molecule has 86 valence electrons. The number of benzene rings is 2. The van der Waals surface area contributed by atoms with Crippen LogP contribution in [0.3, 0.4) is 0 Å². The summed E-state index contributed by atoms with van der Waals surface area (Å²) in [4.78, 5) is 11.0. The predicted octanol–water partition coefficient (Wildman–Crippen LogP) is 4.78. The molecule has 0 N–H and O–H groups in total. The van der Waals surface area contributed by atoms with E-state index in [1.807, 2.05) is 25.1 Å². The number of carbonyl (C=O) groups is 1. The zero-order valence-corrected chi connectivity index (χ0v) is 10.7. The van der Waals surface area contributed by atoms with Crippen LogP contribution in [0.25, 0.3) is 11.1 Å². The summed E-state index contributed by atoms with van der Waals surface area (Å²) in [6.07, 6.45) is 0.833. The van der Waals surface area contributed by atoms with Crippen LogP contribution in [0.1, 0.15) is 15.9 Å². The van der Waals surface area contributed by atoms with Gasteiger partial charge >= 0.3 is 0 Å². The molecule has 2 aromatic rings. The molecule has 3 heteroatoms. The first-order chi connectivity index (χ1) is 8.11. The first kappa shape index (κ1) is 12.2. The largest absolute Gasteiger partial charge is 0.298 e. The van der Waals surface area contributed by atoms with Gasteiger partial charge in [-0.1, -0.05) is 53.0 Å². The molecule has 0 bridgehead atoms. The van der Waals surface area contributed by atoms with Crippen molar-refractivity contribution in [2.45, 2.75) is 6.92 Å². The van der Waals surface area contributed by atoms with Gasteiger partial charge in [0.2, 0.25) is 0 Å². The molecule has 0 amide bonds. The van der Waals surface area contributed by atoms with Crippen LogP contribution in [0.15, 0.2) is 36.4 Å². The average Bonchev–Trinajstić information content (AvgIpc) is 2.29. The number of aryl methyl sites for hydroxylation is 1. The Labute approximate surface area is 110 Å². The maximum atomic E-state index is 11.0.